The highest BCUT2D eigenvalue weighted by Gasteiger charge is 2.97. The Bertz CT molecular complexity index is 716. The fourth-order valence-electron chi connectivity index (χ4n) is 1.80. The molecule has 0 saturated heterocycles. The van der Waals surface area contributed by atoms with Crippen LogP contribution in [0.2, 0.25) is 0 Å². The van der Waals surface area contributed by atoms with Gasteiger partial charge in [-0.15, -0.1) is 0 Å². The van der Waals surface area contributed by atoms with Gasteiger partial charge in [0.15, 0.2) is 0 Å². The highest BCUT2D eigenvalue weighted by atomic mass is 19.4. The molecule has 0 rings (SSSR count). The minimum Gasteiger partial charge on any atom is -0.288 e. The third-order valence-corrected chi connectivity index (χ3v) is 3.99. The number of alkyl halides is 23. The summed E-state index contributed by atoms with van der Waals surface area (Å²) >= 11 is 0. The van der Waals surface area contributed by atoms with Gasteiger partial charge in [-0.25, -0.2) is 4.39 Å². The van der Waals surface area contributed by atoms with Crippen LogP contribution in [0.3, 0.4) is 0 Å². The maximum Gasteiger partial charge on any atom is 0.460 e. The van der Waals surface area contributed by atoms with E-state index in [1.165, 1.54) is 0 Å². The normalized spacial score (nSPS) is 18.5. The second-order valence-electron chi connectivity index (χ2n) is 6.30. The van der Waals surface area contributed by atoms with Crippen molar-refractivity contribution in [1.82, 2.24) is 0 Å². The highest BCUT2D eigenvalue weighted by molar-refractivity contribution is 5.19. The quantitative estimate of drug-likeness (QED) is 0.246. The van der Waals surface area contributed by atoms with Gasteiger partial charge in [0.25, 0.3) is 5.79 Å². The van der Waals surface area contributed by atoms with E-state index in [0.717, 1.165) is 0 Å². The van der Waals surface area contributed by atoms with Crippen molar-refractivity contribution in [3.63, 3.8) is 0 Å². The smallest absolute Gasteiger partial charge is 0.288 e. The number of halogens is 23. The average Bonchev–Trinajstić information content (AvgIpc) is 2.58. The Kier molecular flexibility index (Phi) is 7.32. The summed E-state index contributed by atoms with van der Waals surface area (Å²) in [5, 5.41) is 0. The first-order valence-electron chi connectivity index (χ1n) is 7.14. The van der Waals surface area contributed by atoms with Crippen molar-refractivity contribution in [2.45, 2.75) is 65.5 Å². The Morgan fingerprint density at radius 1 is 0.229 bits per heavy atom. The standard InChI is InChI=1S/C11H2F23N/c12-1(13,3(16,17)7(24,25)10(29,30)31)2(14,15)5(20,21)9(28,35)6(22,23)4(18,19)8(26,27)11(32,33)34/h35H2. The Morgan fingerprint density at radius 2 is 0.371 bits per heavy atom. The lowest BCUT2D eigenvalue weighted by Gasteiger charge is -2.46. The molecule has 0 radical (unpaired) electrons. The fourth-order valence-corrected chi connectivity index (χ4v) is 1.80. The Balaban J connectivity index is 7.15. The molecule has 0 aromatic carbocycles. The lowest BCUT2D eigenvalue weighted by Crippen LogP contribution is -2.81. The van der Waals surface area contributed by atoms with E-state index in [1.54, 1.807) is 0 Å². The summed E-state index contributed by atoms with van der Waals surface area (Å²) in [5.74, 6) is -79.1. The second kappa shape index (κ2) is 7.68. The first-order valence-corrected chi connectivity index (χ1v) is 7.14. The van der Waals surface area contributed by atoms with Crippen LogP contribution in [-0.2, 0) is 0 Å². The molecule has 35 heavy (non-hydrogen) atoms. The molecule has 0 saturated carbocycles. The van der Waals surface area contributed by atoms with Crippen molar-refractivity contribution in [1.29, 1.82) is 0 Å². The molecule has 0 aromatic heterocycles. The lowest BCUT2D eigenvalue weighted by molar-refractivity contribution is -0.466. The van der Waals surface area contributed by atoms with Crippen molar-refractivity contribution in [3.8, 4) is 0 Å². The van der Waals surface area contributed by atoms with Crippen LogP contribution < -0.4 is 5.73 Å². The zero-order chi connectivity index (χ0) is 29.5. The maximum absolute atomic E-state index is 13.6. The van der Waals surface area contributed by atoms with Crippen LogP contribution in [0, 0.1) is 0 Å². The Labute approximate surface area is 174 Å². The molecular formula is C11H2F23N. The van der Waals surface area contributed by atoms with Crippen molar-refractivity contribution in [2.24, 2.45) is 5.73 Å². The van der Waals surface area contributed by atoms with Gasteiger partial charge in [-0.2, -0.15) is 96.6 Å². The SMILES string of the molecule is NC(F)(C(F)(F)C(F)(F)C(F)(F)C(F)(F)F)C(F)(F)C(F)(F)C(F)(F)C(F)(F)C(F)(F)C(F)(F)F. The van der Waals surface area contributed by atoms with Crippen LogP contribution >= 0.6 is 0 Å². The second-order valence-corrected chi connectivity index (χ2v) is 6.30. The van der Waals surface area contributed by atoms with E-state index in [1.807, 2.05) is 0 Å². The molecule has 1 nitrogen and oxygen atoms in total. The summed E-state index contributed by atoms with van der Waals surface area (Å²) in [6.45, 7) is 0. The van der Waals surface area contributed by atoms with E-state index in [0.29, 0.717) is 0 Å². The summed E-state index contributed by atoms with van der Waals surface area (Å²) in [6.07, 6.45) is -16.0. The number of hydrogen-bond donors (Lipinski definition) is 1. The summed E-state index contributed by atoms with van der Waals surface area (Å²) in [4.78, 5) is 0. The first-order chi connectivity index (χ1) is 14.5. The first kappa shape index (κ1) is 33.4. The fraction of sp³-hybridized carbons (Fsp3) is 1.00. The number of nitrogens with two attached hydrogens (primary N) is 1. The molecule has 0 aliphatic carbocycles. The minimum absolute atomic E-state index is 2.90. The monoisotopic (exact) mass is 585 g/mol. The van der Waals surface area contributed by atoms with Gasteiger partial charge < -0.3 is 0 Å². The zero-order valence-corrected chi connectivity index (χ0v) is 14.8. The van der Waals surface area contributed by atoms with Crippen LogP contribution in [0.5, 0.6) is 0 Å². The summed E-state index contributed by atoms with van der Waals surface area (Å²) in [6, 6.07) is 0. The molecule has 0 aliphatic heterocycles. The van der Waals surface area contributed by atoms with Gasteiger partial charge in [0.1, 0.15) is 0 Å². The average molecular weight is 585 g/mol. The van der Waals surface area contributed by atoms with Gasteiger partial charge >= 0.3 is 59.7 Å². The molecule has 0 aliphatic rings. The van der Waals surface area contributed by atoms with Crippen LogP contribution in [0.1, 0.15) is 0 Å². The van der Waals surface area contributed by atoms with Gasteiger partial charge in [-0.1, -0.05) is 0 Å². The highest BCUT2D eigenvalue weighted by Crippen LogP contribution is 2.65. The maximum atomic E-state index is 13.6. The molecule has 0 fully saturated rings. The molecule has 1 unspecified atom stereocenters. The van der Waals surface area contributed by atoms with E-state index < -0.39 is 65.5 Å². The molecule has 0 aromatic rings. The largest absolute Gasteiger partial charge is 0.460 e. The Hall–Kier alpha value is -1.65. The van der Waals surface area contributed by atoms with Crippen LogP contribution in [0.4, 0.5) is 101 Å². The molecule has 24 heteroatoms. The third-order valence-electron chi connectivity index (χ3n) is 3.99. The lowest BCUT2D eigenvalue weighted by atomic mass is 9.84. The molecule has 0 amide bonds. The molecular weight excluding hydrogens is 583 g/mol. The van der Waals surface area contributed by atoms with Gasteiger partial charge in [0.2, 0.25) is 0 Å². The van der Waals surface area contributed by atoms with E-state index in [9.17, 15) is 101 Å². The summed E-state index contributed by atoms with van der Waals surface area (Å²) < 4.78 is 294. The third kappa shape index (κ3) is 3.82. The summed E-state index contributed by atoms with van der Waals surface area (Å²) in [5.41, 5.74) is 2.90. The van der Waals surface area contributed by atoms with Gasteiger partial charge in [0.05, 0.1) is 0 Å². The van der Waals surface area contributed by atoms with Crippen molar-refractivity contribution < 1.29 is 101 Å². The predicted molar refractivity (Wildman–Crippen MR) is 59.7 cm³/mol. The van der Waals surface area contributed by atoms with Crippen molar-refractivity contribution in [3.05, 3.63) is 0 Å². The van der Waals surface area contributed by atoms with E-state index in [-0.39, 0.29) is 0 Å². The van der Waals surface area contributed by atoms with Gasteiger partial charge in [0, 0.05) is 0 Å². The molecule has 2 N–H and O–H groups in total. The van der Waals surface area contributed by atoms with Crippen molar-refractivity contribution in [2.75, 3.05) is 0 Å². The van der Waals surface area contributed by atoms with Gasteiger partial charge in [-0.05, 0) is 0 Å². The van der Waals surface area contributed by atoms with Crippen LogP contribution in [0.15, 0.2) is 0 Å². The Morgan fingerprint density at radius 3 is 0.571 bits per heavy atom. The number of rotatable bonds is 8. The van der Waals surface area contributed by atoms with Crippen LogP contribution in [-0.4, -0.2) is 65.5 Å². The van der Waals surface area contributed by atoms with E-state index >= 15 is 0 Å². The van der Waals surface area contributed by atoms with Crippen LogP contribution in [0.25, 0.3) is 0 Å². The summed E-state index contributed by atoms with van der Waals surface area (Å²) in [7, 11) is 0. The number of hydrogen-bond acceptors (Lipinski definition) is 1. The molecule has 212 valence electrons. The zero-order valence-electron chi connectivity index (χ0n) is 14.8. The van der Waals surface area contributed by atoms with E-state index in [2.05, 4.69) is 5.73 Å². The van der Waals surface area contributed by atoms with Gasteiger partial charge in [-0.3, -0.25) is 5.73 Å². The predicted octanol–water partition coefficient (Wildman–Crippen LogP) is 6.82. The molecule has 0 spiro atoms. The van der Waals surface area contributed by atoms with Crippen molar-refractivity contribution >= 4 is 0 Å². The topological polar surface area (TPSA) is 26.0 Å². The molecule has 0 heterocycles. The van der Waals surface area contributed by atoms with E-state index in [4.69, 9.17) is 0 Å². The molecule has 1 atom stereocenters. The molecule has 0 bridgehead atoms. The minimum atomic E-state index is -9.17.